The van der Waals surface area contributed by atoms with Crippen LogP contribution in [-0.2, 0) is 27.3 Å². The summed E-state index contributed by atoms with van der Waals surface area (Å²) in [5.41, 5.74) is 2.77. The van der Waals surface area contributed by atoms with Gasteiger partial charge >= 0.3 is 5.97 Å². The van der Waals surface area contributed by atoms with E-state index in [1.807, 2.05) is 23.4 Å². The second-order valence-corrected chi connectivity index (χ2v) is 7.71. The van der Waals surface area contributed by atoms with Crippen LogP contribution in [0.5, 0.6) is 0 Å². The summed E-state index contributed by atoms with van der Waals surface area (Å²) in [6.07, 6.45) is 4.36. The van der Waals surface area contributed by atoms with Gasteiger partial charge in [-0.15, -0.1) is 0 Å². The summed E-state index contributed by atoms with van der Waals surface area (Å²) in [5.74, 6) is 0.0500. The van der Waals surface area contributed by atoms with Crippen LogP contribution in [0.25, 0.3) is 0 Å². The molecule has 1 fully saturated rings. The monoisotopic (exact) mass is 363 g/mol. The maximum atomic E-state index is 12.4. The number of likely N-dealkylation sites (tertiary alicyclic amines) is 1. The number of aryl methyl sites for hydroxylation is 1. The van der Waals surface area contributed by atoms with E-state index >= 15 is 0 Å². The molecular weight excluding hydrogens is 330 g/mol. The van der Waals surface area contributed by atoms with Crippen molar-refractivity contribution in [3.05, 3.63) is 17.0 Å². The number of hydrogen-bond acceptors (Lipinski definition) is 4. The molecule has 0 aromatic carbocycles. The van der Waals surface area contributed by atoms with Crippen molar-refractivity contribution >= 4 is 11.9 Å². The second-order valence-electron chi connectivity index (χ2n) is 7.71. The first-order valence-electron chi connectivity index (χ1n) is 9.81. The Bertz CT molecular complexity index is 636. The number of carbonyl (C=O) groups is 2. The van der Waals surface area contributed by atoms with Gasteiger partial charge in [-0.3, -0.25) is 14.3 Å². The first-order chi connectivity index (χ1) is 12.3. The van der Waals surface area contributed by atoms with E-state index in [4.69, 9.17) is 4.74 Å². The molecule has 6 nitrogen and oxygen atoms in total. The molecule has 2 rings (SSSR count). The van der Waals surface area contributed by atoms with Crippen molar-refractivity contribution in [2.45, 2.75) is 79.3 Å². The van der Waals surface area contributed by atoms with Crippen molar-refractivity contribution in [2.24, 2.45) is 5.92 Å². The molecule has 0 spiro atoms. The number of esters is 1. The molecule has 1 saturated heterocycles. The fourth-order valence-electron chi connectivity index (χ4n) is 3.69. The third-order valence-corrected chi connectivity index (χ3v) is 5.17. The molecule has 1 amide bonds. The van der Waals surface area contributed by atoms with Crippen LogP contribution in [0.4, 0.5) is 0 Å². The third-order valence-electron chi connectivity index (χ3n) is 5.17. The largest absolute Gasteiger partial charge is 0.455 e. The van der Waals surface area contributed by atoms with Gasteiger partial charge < -0.3 is 9.64 Å². The summed E-state index contributed by atoms with van der Waals surface area (Å²) in [4.78, 5) is 26.6. The minimum absolute atomic E-state index is 0.0751. The van der Waals surface area contributed by atoms with Gasteiger partial charge in [-0.2, -0.15) is 5.10 Å². The zero-order chi connectivity index (χ0) is 19.3. The van der Waals surface area contributed by atoms with Crippen molar-refractivity contribution in [3.63, 3.8) is 0 Å². The summed E-state index contributed by atoms with van der Waals surface area (Å²) in [5, 5.41) is 4.53. The van der Waals surface area contributed by atoms with E-state index < -0.39 is 0 Å². The number of amides is 1. The predicted octanol–water partition coefficient (Wildman–Crippen LogP) is 3.03. The molecule has 0 saturated carbocycles. The van der Waals surface area contributed by atoms with Crippen LogP contribution in [0, 0.1) is 19.8 Å². The average molecular weight is 364 g/mol. The van der Waals surface area contributed by atoms with Gasteiger partial charge in [0.05, 0.1) is 12.1 Å². The van der Waals surface area contributed by atoms with Gasteiger partial charge in [-0.25, -0.2) is 0 Å². The van der Waals surface area contributed by atoms with E-state index in [1.54, 1.807) is 0 Å². The molecule has 146 valence electrons. The third kappa shape index (κ3) is 5.08. The van der Waals surface area contributed by atoms with Crippen molar-refractivity contribution in [1.82, 2.24) is 14.7 Å². The number of nitrogens with zero attached hydrogens (tertiary/aromatic N) is 3. The second kappa shape index (κ2) is 9.19. The number of aromatic nitrogens is 2. The molecule has 1 aliphatic rings. The normalized spacial score (nSPS) is 17.6. The van der Waals surface area contributed by atoms with Crippen molar-refractivity contribution in [2.75, 3.05) is 13.2 Å². The zero-order valence-corrected chi connectivity index (χ0v) is 16.9. The molecule has 6 heteroatoms. The molecule has 0 aliphatic carbocycles. The highest BCUT2D eigenvalue weighted by molar-refractivity contribution is 5.81. The predicted molar refractivity (Wildman–Crippen MR) is 101 cm³/mol. The maximum Gasteiger partial charge on any atom is 0.310 e. The molecule has 0 radical (unpaired) electrons. The van der Waals surface area contributed by atoms with Gasteiger partial charge in [-0.1, -0.05) is 20.8 Å². The molecule has 1 atom stereocenters. The minimum atomic E-state index is -0.362. The van der Waals surface area contributed by atoms with Crippen LogP contribution >= 0.6 is 0 Å². The van der Waals surface area contributed by atoms with Crippen molar-refractivity contribution in [3.8, 4) is 0 Å². The van der Waals surface area contributed by atoms with E-state index in [2.05, 4.69) is 25.9 Å². The summed E-state index contributed by atoms with van der Waals surface area (Å²) >= 11 is 0. The standard InChI is InChI=1S/C20H33N3O3/c1-6-17-9-7-8-10-22(17)19(24)13-26-20(25)11-18-15(4)21-23(16(18)5)12-14(2)3/h14,17H,6-13H2,1-5H3. The zero-order valence-electron chi connectivity index (χ0n) is 16.9. The van der Waals surface area contributed by atoms with Crippen LogP contribution in [0.2, 0.25) is 0 Å². The molecular formula is C20H33N3O3. The number of piperidine rings is 1. The highest BCUT2D eigenvalue weighted by atomic mass is 16.5. The molecule has 0 N–H and O–H groups in total. The lowest BCUT2D eigenvalue weighted by Gasteiger charge is -2.35. The van der Waals surface area contributed by atoms with Gasteiger partial charge in [0.25, 0.3) is 5.91 Å². The SMILES string of the molecule is CCC1CCCCN1C(=O)COC(=O)Cc1c(C)nn(CC(C)C)c1C. The first-order valence-corrected chi connectivity index (χ1v) is 9.81. The summed E-state index contributed by atoms with van der Waals surface area (Å²) < 4.78 is 7.24. The number of carbonyl (C=O) groups excluding carboxylic acids is 2. The highest BCUT2D eigenvalue weighted by Gasteiger charge is 2.26. The van der Waals surface area contributed by atoms with E-state index in [0.717, 1.165) is 49.3 Å². The van der Waals surface area contributed by atoms with Crippen molar-refractivity contribution in [1.29, 1.82) is 0 Å². The summed E-state index contributed by atoms with van der Waals surface area (Å²) in [7, 11) is 0. The lowest BCUT2D eigenvalue weighted by atomic mass is 10.00. The highest BCUT2D eigenvalue weighted by Crippen LogP contribution is 2.20. The topological polar surface area (TPSA) is 64.4 Å². The minimum Gasteiger partial charge on any atom is -0.455 e. The smallest absolute Gasteiger partial charge is 0.310 e. The molecule has 1 aliphatic heterocycles. The molecule has 1 aromatic heterocycles. The summed E-state index contributed by atoms with van der Waals surface area (Å²) in [6, 6.07) is 0.286. The van der Waals surface area contributed by atoms with Crippen LogP contribution in [0.1, 0.15) is 63.4 Å². The first kappa shape index (κ1) is 20.5. The Morgan fingerprint density at radius 1 is 1.27 bits per heavy atom. The van der Waals surface area contributed by atoms with Crippen LogP contribution in [0.3, 0.4) is 0 Å². The molecule has 2 heterocycles. The van der Waals surface area contributed by atoms with Crippen LogP contribution < -0.4 is 0 Å². The Morgan fingerprint density at radius 3 is 2.65 bits per heavy atom. The summed E-state index contributed by atoms with van der Waals surface area (Å²) in [6.45, 7) is 11.7. The van der Waals surface area contributed by atoms with E-state index in [9.17, 15) is 9.59 Å². The quantitative estimate of drug-likeness (QED) is 0.699. The molecule has 26 heavy (non-hydrogen) atoms. The number of rotatable bonds is 7. The van der Waals surface area contributed by atoms with Crippen LogP contribution in [-0.4, -0.2) is 45.8 Å². The Hall–Kier alpha value is -1.85. The van der Waals surface area contributed by atoms with Gasteiger partial charge in [0, 0.05) is 30.4 Å². The van der Waals surface area contributed by atoms with Gasteiger partial charge in [0.1, 0.15) is 0 Å². The Labute approximate surface area is 156 Å². The fourth-order valence-corrected chi connectivity index (χ4v) is 3.69. The van der Waals surface area contributed by atoms with Crippen molar-refractivity contribution < 1.29 is 14.3 Å². The molecule has 1 aromatic rings. The van der Waals surface area contributed by atoms with E-state index in [-0.39, 0.29) is 30.9 Å². The van der Waals surface area contributed by atoms with E-state index in [1.165, 1.54) is 6.42 Å². The maximum absolute atomic E-state index is 12.4. The number of ether oxygens (including phenoxy) is 1. The Kier molecular flexibility index (Phi) is 7.23. The number of hydrogen-bond donors (Lipinski definition) is 0. The fraction of sp³-hybridized carbons (Fsp3) is 0.750. The van der Waals surface area contributed by atoms with Gasteiger partial charge in [-0.05, 0) is 45.4 Å². The Morgan fingerprint density at radius 2 is 2.00 bits per heavy atom. The Balaban J connectivity index is 1.91. The van der Waals surface area contributed by atoms with Gasteiger partial charge in [0.15, 0.2) is 6.61 Å². The lowest BCUT2D eigenvalue weighted by molar-refractivity contribution is -0.153. The van der Waals surface area contributed by atoms with Gasteiger partial charge in [0.2, 0.25) is 0 Å². The van der Waals surface area contributed by atoms with Crippen LogP contribution in [0.15, 0.2) is 0 Å². The van der Waals surface area contributed by atoms with E-state index in [0.29, 0.717) is 5.92 Å². The lowest BCUT2D eigenvalue weighted by Crippen LogP contribution is -2.45. The average Bonchev–Trinajstić information content (AvgIpc) is 2.86. The molecule has 1 unspecified atom stereocenters. The molecule has 0 bridgehead atoms.